The van der Waals surface area contributed by atoms with E-state index in [4.69, 9.17) is 16.3 Å². The van der Waals surface area contributed by atoms with Crippen LogP contribution in [-0.2, 0) is 0 Å². The molecule has 6 heteroatoms. The van der Waals surface area contributed by atoms with Crippen molar-refractivity contribution in [2.45, 2.75) is 20.0 Å². The van der Waals surface area contributed by atoms with Gasteiger partial charge in [0.1, 0.15) is 5.75 Å². The number of carbonyl (C=O) groups is 1. The summed E-state index contributed by atoms with van der Waals surface area (Å²) >= 11 is 5.82. The van der Waals surface area contributed by atoms with Gasteiger partial charge in [-0.15, -0.1) is 0 Å². The van der Waals surface area contributed by atoms with E-state index in [1.54, 1.807) is 12.1 Å². The molecule has 0 unspecified atom stereocenters. The van der Waals surface area contributed by atoms with Gasteiger partial charge in [0.25, 0.3) is 5.91 Å². The Bertz CT molecular complexity index is 642. The van der Waals surface area contributed by atoms with E-state index < -0.39 is 5.91 Å². The van der Waals surface area contributed by atoms with Crippen molar-refractivity contribution >= 4 is 23.2 Å². The minimum atomic E-state index is -0.392. The zero-order valence-electron chi connectivity index (χ0n) is 11.6. The van der Waals surface area contributed by atoms with E-state index in [2.05, 4.69) is 10.3 Å². The molecule has 0 spiro atoms. The molecular formula is C15H15ClN2O3. The Morgan fingerprint density at radius 2 is 2.10 bits per heavy atom. The van der Waals surface area contributed by atoms with E-state index in [1.165, 1.54) is 24.4 Å². The van der Waals surface area contributed by atoms with Crippen molar-refractivity contribution in [1.29, 1.82) is 0 Å². The summed E-state index contributed by atoms with van der Waals surface area (Å²) in [5, 5.41) is 12.7. The molecule has 2 N–H and O–H groups in total. The van der Waals surface area contributed by atoms with Crippen LogP contribution in [0, 0.1) is 0 Å². The van der Waals surface area contributed by atoms with Gasteiger partial charge in [0.2, 0.25) is 5.88 Å². The number of pyridine rings is 1. The van der Waals surface area contributed by atoms with Gasteiger partial charge in [0.05, 0.1) is 17.4 Å². The van der Waals surface area contributed by atoms with Crippen molar-refractivity contribution in [3.05, 3.63) is 47.1 Å². The lowest BCUT2D eigenvalue weighted by Crippen LogP contribution is -2.13. The summed E-state index contributed by atoms with van der Waals surface area (Å²) in [7, 11) is 0. The number of phenols is 1. The molecule has 0 aliphatic carbocycles. The third-order valence-electron chi connectivity index (χ3n) is 2.56. The van der Waals surface area contributed by atoms with Gasteiger partial charge in [-0.1, -0.05) is 11.6 Å². The molecule has 1 amide bonds. The van der Waals surface area contributed by atoms with E-state index in [-0.39, 0.29) is 17.5 Å². The third kappa shape index (κ3) is 4.10. The van der Waals surface area contributed by atoms with E-state index >= 15 is 0 Å². The fraction of sp³-hybridized carbons (Fsp3) is 0.200. The standard InChI is InChI=1S/C15H15ClN2O3/c1-9(2)21-14-6-3-10(8-17-14)15(20)18-12-7-11(16)4-5-13(12)19/h3-9,19H,1-2H3,(H,18,20). The Morgan fingerprint density at radius 1 is 1.33 bits per heavy atom. The maximum absolute atomic E-state index is 12.1. The summed E-state index contributed by atoms with van der Waals surface area (Å²) in [6.45, 7) is 3.79. The van der Waals surface area contributed by atoms with Crippen molar-refractivity contribution in [2.24, 2.45) is 0 Å². The van der Waals surface area contributed by atoms with Gasteiger partial charge in [-0.2, -0.15) is 0 Å². The van der Waals surface area contributed by atoms with Crippen LogP contribution in [0.5, 0.6) is 11.6 Å². The maximum Gasteiger partial charge on any atom is 0.257 e. The largest absolute Gasteiger partial charge is 0.506 e. The molecule has 110 valence electrons. The van der Waals surface area contributed by atoms with Gasteiger partial charge >= 0.3 is 0 Å². The van der Waals surface area contributed by atoms with Gasteiger partial charge in [-0.25, -0.2) is 4.98 Å². The van der Waals surface area contributed by atoms with Crippen molar-refractivity contribution in [2.75, 3.05) is 5.32 Å². The number of amides is 1. The normalized spacial score (nSPS) is 10.5. The highest BCUT2D eigenvalue weighted by atomic mass is 35.5. The molecule has 21 heavy (non-hydrogen) atoms. The molecule has 0 fully saturated rings. The molecule has 2 aromatic rings. The summed E-state index contributed by atoms with van der Waals surface area (Å²) in [4.78, 5) is 16.1. The number of nitrogens with one attached hydrogen (secondary N) is 1. The first-order chi connectivity index (χ1) is 9.95. The number of ether oxygens (including phenoxy) is 1. The SMILES string of the molecule is CC(C)Oc1ccc(C(=O)Nc2cc(Cl)ccc2O)cn1. The van der Waals surface area contributed by atoms with Crippen LogP contribution >= 0.6 is 11.6 Å². The van der Waals surface area contributed by atoms with Crippen LogP contribution in [-0.4, -0.2) is 22.1 Å². The Labute approximate surface area is 127 Å². The molecule has 0 atom stereocenters. The molecule has 2 rings (SSSR count). The number of benzene rings is 1. The second-order valence-electron chi connectivity index (χ2n) is 4.67. The quantitative estimate of drug-likeness (QED) is 0.848. The van der Waals surface area contributed by atoms with Crippen LogP contribution < -0.4 is 10.1 Å². The van der Waals surface area contributed by atoms with Gasteiger partial charge in [-0.3, -0.25) is 4.79 Å². The summed E-state index contributed by atoms with van der Waals surface area (Å²) in [6, 6.07) is 7.63. The molecule has 0 saturated heterocycles. The number of carbonyl (C=O) groups excluding carboxylic acids is 1. The minimum absolute atomic E-state index is 0.0144. The minimum Gasteiger partial charge on any atom is -0.506 e. The lowest BCUT2D eigenvalue weighted by Gasteiger charge is -2.10. The van der Waals surface area contributed by atoms with Crippen LogP contribution in [0.25, 0.3) is 0 Å². The second-order valence-corrected chi connectivity index (χ2v) is 5.10. The highest BCUT2D eigenvalue weighted by molar-refractivity contribution is 6.31. The number of rotatable bonds is 4. The van der Waals surface area contributed by atoms with Crippen molar-refractivity contribution in [3.63, 3.8) is 0 Å². The molecule has 5 nitrogen and oxygen atoms in total. The molecule has 0 aliphatic heterocycles. The maximum atomic E-state index is 12.1. The number of phenolic OH excluding ortho intramolecular Hbond substituents is 1. The monoisotopic (exact) mass is 306 g/mol. The lowest BCUT2D eigenvalue weighted by molar-refractivity contribution is 0.102. The van der Waals surface area contributed by atoms with E-state index in [0.29, 0.717) is 16.5 Å². The molecule has 0 radical (unpaired) electrons. The van der Waals surface area contributed by atoms with Crippen LogP contribution in [0.1, 0.15) is 24.2 Å². The van der Waals surface area contributed by atoms with E-state index in [0.717, 1.165) is 0 Å². The summed E-state index contributed by atoms with van der Waals surface area (Å²) in [6.07, 6.45) is 1.43. The first-order valence-corrected chi connectivity index (χ1v) is 6.76. The fourth-order valence-corrected chi connectivity index (χ4v) is 1.80. The van der Waals surface area contributed by atoms with E-state index in [1.807, 2.05) is 13.8 Å². The fourth-order valence-electron chi connectivity index (χ4n) is 1.63. The number of hydrogen-bond donors (Lipinski definition) is 2. The number of aromatic hydroxyl groups is 1. The van der Waals surface area contributed by atoms with Crippen molar-refractivity contribution < 1.29 is 14.6 Å². The zero-order valence-corrected chi connectivity index (χ0v) is 12.4. The van der Waals surface area contributed by atoms with Crippen molar-refractivity contribution in [1.82, 2.24) is 4.98 Å². The van der Waals surface area contributed by atoms with Gasteiger partial charge in [-0.05, 0) is 38.1 Å². The van der Waals surface area contributed by atoms with Gasteiger partial charge in [0, 0.05) is 17.3 Å². The average molecular weight is 307 g/mol. The molecule has 0 aliphatic rings. The van der Waals surface area contributed by atoms with Crippen LogP contribution in [0.15, 0.2) is 36.5 Å². The molecule has 1 heterocycles. The Kier molecular flexibility index (Phi) is 4.65. The number of hydrogen-bond acceptors (Lipinski definition) is 4. The highest BCUT2D eigenvalue weighted by Crippen LogP contribution is 2.27. The smallest absolute Gasteiger partial charge is 0.257 e. The molecule has 0 saturated carbocycles. The van der Waals surface area contributed by atoms with Crippen LogP contribution in [0.2, 0.25) is 5.02 Å². The predicted molar refractivity (Wildman–Crippen MR) is 81.1 cm³/mol. The molecule has 1 aromatic heterocycles. The zero-order chi connectivity index (χ0) is 15.4. The first-order valence-electron chi connectivity index (χ1n) is 6.38. The van der Waals surface area contributed by atoms with Gasteiger partial charge in [0.15, 0.2) is 0 Å². The Hall–Kier alpha value is -2.27. The number of nitrogens with zero attached hydrogens (tertiary/aromatic N) is 1. The summed E-state index contributed by atoms with van der Waals surface area (Å²) < 4.78 is 5.40. The van der Waals surface area contributed by atoms with Gasteiger partial charge < -0.3 is 15.2 Å². The second kappa shape index (κ2) is 6.45. The number of anilines is 1. The number of halogens is 1. The van der Waals surface area contributed by atoms with Crippen LogP contribution in [0.4, 0.5) is 5.69 Å². The lowest BCUT2D eigenvalue weighted by atomic mass is 10.2. The summed E-state index contributed by atoms with van der Waals surface area (Å²) in [5.41, 5.74) is 0.598. The predicted octanol–water partition coefficient (Wildman–Crippen LogP) is 3.48. The highest BCUT2D eigenvalue weighted by Gasteiger charge is 2.10. The Morgan fingerprint density at radius 3 is 2.71 bits per heavy atom. The molecular weight excluding hydrogens is 292 g/mol. The average Bonchev–Trinajstić information content (AvgIpc) is 2.43. The first kappa shape index (κ1) is 15.1. The van der Waals surface area contributed by atoms with E-state index in [9.17, 15) is 9.90 Å². The molecule has 0 bridgehead atoms. The topological polar surface area (TPSA) is 71.5 Å². The van der Waals surface area contributed by atoms with Crippen molar-refractivity contribution in [3.8, 4) is 11.6 Å². The molecule has 1 aromatic carbocycles. The van der Waals surface area contributed by atoms with Crippen LogP contribution in [0.3, 0.4) is 0 Å². The third-order valence-corrected chi connectivity index (χ3v) is 2.80. The Balaban J connectivity index is 2.11. The number of aromatic nitrogens is 1. The summed E-state index contributed by atoms with van der Waals surface area (Å²) in [5.74, 6) is 0.00351.